The topological polar surface area (TPSA) is 55.1 Å². The second-order valence-electron chi connectivity index (χ2n) is 3.05. The highest BCUT2D eigenvalue weighted by molar-refractivity contribution is 5.84. The molecule has 2 unspecified atom stereocenters. The fourth-order valence-electron chi connectivity index (χ4n) is 0.768. The molecular weight excluding hydrogens is 211 g/mol. The third-order valence-corrected chi connectivity index (χ3v) is 1.80. The van der Waals surface area contributed by atoms with Gasteiger partial charge in [0.05, 0.1) is 0 Å². The highest BCUT2D eigenvalue weighted by Crippen LogP contribution is 2.36. The Morgan fingerprint density at radius 1 is 1.29 bits per heavy atom. The van der Waals surface area contributed by atoms with Crippen LogP contribution in [0.2, 0.25) is 0 Å². The maximum absolute atomic E-state index is 12.3. The van der Waals surface area contributed by atoms with E-state index in [9.17, 15) is 26.7 Å². The van der Waals surface area contributed by atoms with E-state index in [0.717, 1.165) is 0 Å². The van der Waals surface area contributed by atoms with Crippen LogP contribution in [0.4, 0.5) is 22.0 Å². The molecule has 14 heavy (non-hydrogen) atoms. The molecular formula is C6H7F5N2O. The lowest BCUT2D eigenvalue weighted by atomic mass is 10.3. The lowest BCUT2D eigenvalue weighted by Crippen LogP contribution is -2.51. The third kappa shape index (κ3) is 1.94. The van der Waals surface area contributed by atoms with Crippen molar-refractivity contribution in [1.82, 2.24) is 5.32 Å². The van der Waals surface area contributed by atoms with Crippen molar-refractivity contribution in [2.24, 2.45) is 5.73 Å². The minimum atomic E-state index is -5.87. The number of rotatable bonds is 2. The van der Waals surface area contributed by atoms with Gasteiger partial charge in [0.15, 0.2) is 0 Å². The van der Waals surface area contributed by atoms with E-state index in [0.29, 0.717) is 0 Å². The largest absolute Gasteiger partial charge is 0.463 e. The second-order valence-corrected chi connectivity index (χ2v) is 3.05. The molecule has 3 N–H and O–H groups in total. The van der Waals surface area contributed by atoms with E-state index in [4.69, 9.17) is 5.73 Å². The monoisotopic (exact) mass is 218 g/mol. The summed E-state index contributed by atoms with van der Waals surface area (Å²) in [6.07, 6.45) is -5.64. The van der Waals surface area contributed by atoms with Gasteiger partial charge in [-0.15, -0.1) is 0 Å². The number of nitrogens with one attached hydrogen (secondary N) is 1. The molecule has 1 rings (SSSR count). The molecule has 0 radical (unpaired) electrons. The number of hydrogen-bond acceptors (Lipinski definition) is 2. The maximum atomic E-state index is 12.3. The van der Waals surface area contributed by atoms with Crippen LogP contribution in [-0.2, 0) is 4.79 Å². The smallest absolute Gasteiger partial charge is 0.346 e. The first-order chi connectivity index (χ1) is 6.16. The third-order valence-electron chi connectivity index (χ3n) is 1.80. The van der Waals surface area contributed by atoms with Crippen molar-refractivity contribution < 1.29 is 26.7 Å². The van der Waals surface area contributed by atoms with Crippen molar-refractivity contribution in [1.29, 1.82) is 0 Å². The Labute approximate surface area is 75.4 Å². The first-order valence-electron chi connectivity index (χ1n) is 3.67. The van der Waals surface area contributed by atoms with Crippen LogP contribution in [-0.4, -0.2) is 30.1 Å². The number of hydrogen-bond donors (Lipinski definition) is 2. The molecule has 1 fully saturated rings. The van der Waals surface area contributed by atoms with Crippen molar-refractivity contribution in [2.45, 2.75) is 30.6 Å². The molecule has 0 bridgehead atoms. The van der Waals surface area contributed by atoms with Gasteiger partial charge < -0.3 is 11.1 Å². The molecule has 0 aromatic carbocycles. The summed E-state index contributed by atoms with van der Waals surface area (Å²) < 4.78 is 59.4. The van der Waals surface area contributed by atoms with Crippen LogP contribution >= 0.6 is 0 Å². The molecule has 0 aromatic rings. The number of carbonyl (C=O) groups is 1. The van der Waals surface area contributed by atoms with Crippen LogP contribution in [0.25, 0.3) is 0 Å². The van der Waals surface area contributed by atoms with Gasteiger partial charge in [0.25, 0.3) is 0 Å². The Hall–Kier alpha value is -0.920. The molecule has 0 spiro atoms. The van der Waals surface area contributed by atoms with E-state index >= 15 is 0 Å². The van der Waals surface area contributed by atoms with Crippen LogP contribution in [0.1, 0.15) is 6.42 Å². The summed E-state index contributed by atoms with van der Waals surface area (Å²) in [5.41, 5.74) is 5.13. The van der Waals surface area contributed by atoms with Crippen molar-refractivity contribution in [3.63, 3.8) is 0 Å². The van der Waals surface area contributed by atoms with Crippen molar-refractivity contribution >= 4 is 5.91 Å². The van der Waals surface area contributed by atoms with E-state index in [2.05, 4.69) is 0 Å². The molecule has 1 saturated carbocycles. The van der Waals surface area contributed by atoms with Crippen LogP contribution < -0.4 is 11.1 Å². The van der Waals surface area contributed by atoms with Gasteiger partial charge in [-0.25, -0.2) is 0 Å². The Balaban J connectivity index is 2.59. The molecule has 2 atom stereocenters. The molecule has 1 aliphatic carbocycles. The Kier molecular flexibility index (Phi) is 2.42. The van der Waals surface area contributed by atoms with Gasteiger partial charge in [-0.05, 0) is 6.42 Å². The average Bonchev–Trinajstić information content (AvgIpc) is 2.63. The zero-order valence-electron chi connectivity index (χ0n) is 6.74. The number of alkyl halides is 5. The summed E-state index contributed by atoms with van der Waals surface area (Å²) in [6.45, 7) is 0. The fraction of sp³-hybridized carbons (Fsp3) is 0.833. The van der Waals surface area contributed by atoms with E-state index in [1.54, 1.807) is 0 Å². The minimum Gasteiger partial charge on any atom is -0.346 e. The quantitative estimate of drug-likeness (QED) is 0.659. The number of halogens is 5. The highest BCUT2D eigenvalue weighted by atomic mass is 19.4. The fourth-order valence-corrected chi connectivity index (χ4v) is 0.768. The zero-order valence-corrected chi connectivity index (χ0v) is 6.74. The van der Waals surface area contributed by atoms with Crippen molar-refractivity contribution in [2.75, 3.05) is 0 Å². The Bertz CT molecular complexity index is 251. The van der Waals surface area contributed by atoms with Gasteiger partial charge in [0.1, 0.15) is 0 Å². The van der Waals surface area contributed by atoms with Gasteiger partial charge in [-0.2, -0.15) is 22.0 Å². The molecule has 1 aliphatic rings. The van der Waals surface area contributed by atoms with Crippen molar-refractivity contribution in [3.05, 3.63) is 0 Å². The number of carbonyl (C=O) groups excluding carboxylic acids is 1. The SMILES string of the molecule is NC1CC1NC(=O)C(F)(F)C(F)(F)F. The molecule has 8 heteroatoms. The summed E-state index contributed by atoms with van der Waals surface area (Å²) in [5.74, 6) is -7.70. The van der Waals surface area contributed by atoms with Gasteiger partial charge in [-0.3, -0.25) is 4.79 Å². The Morgan fingerprint density at radius 3 is 2.00 bits per heavy atom. The number of nitrogens with two attached hydrogens (primary N) is 1. The molecule has 0 saturated heterocycles. The van der Waals surface area contributed by atoms with Gasteiger partial charge in [0, 0.05) is 12.1 Å². The standard InChI is InChI=1S/C6H7F5N2O/c7-5(8,6(9,10)11)4(14)13-3-1-2(3)12/h2-3H,1,12H2,(H,13,14). The molecule has 0 aromatic heterocycles. The summed E-state index contributed by atoms with van der Waals surface area (Å²) >= 11 is 0. The van der Waals surface area contributed by atoms with Crippen LogP contribution in [0, 0.1) is 0 Å². The first kappa shape index (κ1) is 11.2. The van der Waals surface area contributed by atoms with Crippen molar-refractivity contribution in [3.8, 4) is 0 Å². The maximum Gasteiger partial charge on any atom is 0.463 e. The normalized spacial score (nSPS) is 27.3. The van der Waals surface area contributed by atoms with E-state index in [1.807, 2.05) is 0 Å². The zero-order chi connectivity index (χ0) is 11.1. The van der Waals surface area contributed by atoms with Gasteiger partial charge >= 0.3 is 18.0 Å². The van der Waals surface area contributed by atoms with E-state index in [-0.39, 0.29) is 6.42 Å². The van der Waals surface area contributed by atoms with Crippen LogP contribution in [0.3, 0.4) is 0 Å². The van der Waals surface area contributed by atoms with Crippen LogP contribution in [0.5, 0.6) is 0 Å². The van der Waals surface area contributed by atoms with Gasteiger partial charge in [-0.1, -0.05) is 0 Å². The minimum absolute atomic E-state index is 0.222. The van der Waals surface area contributed by atoms with E-state index in [1.165, 1.54) is 5.32 Å². The summed E-state index contributed by atoms with van der Waals surface area (Å²) in [6, 6.07) is -1.29. The first-order valence-corrected chi connectivity index (χ1v) is 3.67. The molecule has 0 heterocycles. The summed E-state index contributed by atoms with van der Waals surface area (Å²) in [7, 11) is 0. The lowest BCUT2D eigenvalue weighted by molar-refractivity contribution is -0.269. The average molecular weight is 218 g/mol. The summed E-state index contributed by atoms with van der Waals surface area (Å²) in [5, 5.41) is 1.52. The van der Waals surface area contributed by atoms with Crippen LogP contribution in [0.15, 0.2) is 0 Å². The van der Waals surface area contributed by atoms with E-state index < -0.39 is 30.1 Å². The predicted molar refractivity (Wildman–Crippen MR) is 35.5 cm³/mol. The number of amides is 1. The molecule has 0 aliphatic heterocycles. The predicted octanol–water partition coefficient (Wildman–Crippen LogP) is 0.400. The highest BCUT2D eigenvalue weighted by Gasteiger charge is 2.64. The lowest BCUT2D eigenvalue weighted by Gasteiger charge is -2.18. The second kappa shape index (κ2) is 3.04. The Morgan fingerprint density at radius 2 is 1.71 bits per heavy atom. The summed E-state index contributed by atoms with van der Waals surface area (Å²) in [4.78, 5) is 10.5. The molecule has 1 amide bonds. The molecule has 82 valence electrons. The van der Waals surface area contributed by atoms with Gasteiger partial charge in [0.2, 0.25) is 0 Å². The molecule has 3 nitrogen and oxygen atoms in total.